The van der Waals surface area contributed by atoms with Crippen LogP contribution in [0.25, 0.3) is 28.2 Å². The Kier molecular flexibility index (Phi) is 4.01. The van der Waals surface area contributed by atoms with E-state index in [4.69, 9.17) is 10.1 Å². The Morgan fingerprint density at radius 3 is 2.37 bits per heavy atom. The van der Waals surface area contributed by atoms with Crippen LogP contribution in [-0.4, -0.2) is 37.7 Å². The number of hydrogen-bond donors (Lipinski definition) is 0. The van der Waals surface area contributed by atoms with Crippen molar-refractivity contribution >= 4 is 11.5 Å². The number of hydrogen-bond acceptors (Lipinski definition) is 5. The second kappa shape index (κ2) is 6.79. The van der Waals surface area contributed by atoms with Crippen molar-refractivity contribution in [1.29, 1.82) is 0 Å². The SMILES string of the molecule is c1cc(-c2ccc3ncc(-c4ccc(N5CCCCC5)nc4)n3n2)ccn1. The Hall–Kier alpha value is -3.28. The molecule has 1 aliphatic rings. The van der Waals surface area contributed by atoms with Gasteiger partial charge in [0.1, 0.15) is 5.82 Å². The molecule has 4 aromatic rings. The van der Waals surface area contributed by atoms with E-state index in [-0.39, 0.29) is 0 Å². The van der Waals surface area contributed by atoms with Gasteiger partial charge in [-0.1, -0.05) is 0 Å². The molecule has 0 bridgehead atoms. The highest BCUT2D eigenvalue weighted by molar-refractivity contribution is 5.66. The van der Waals surface area contributed by atoms with Crippen molar-refractivity contribution in [2.75, 3.05) is 18.0 Å². The maximum atomic E-state index is 4.78. The zero-order valence-corrected chi connectivity index (χ0v) is 15.0. The minimum atomic E-state index is 0.822. The van der Waals surface area contributed by atoms with Gasteiger partial charge in [0, 0.05) is 42.8 Å². The van der Waals surface area contributed by atoms with Gasteiger partial charge in [-0.2, -0.15) is 5.10 Å². The van der Waals surface area contributed by atoms with Crippen LogP contribution < -0.4 is 4.90 Å². The van der Waals surface area contributed by atoms with Gasteiger partial charge in [-0.15, -0.1) is 0 Å². The van der Waals surface area contributed by atoms with Crippen molar-refractivity contribution in [2.45, 2.75) is 19.3 Å². The summed E-state index contributed by atoms with van der Waals surface area (Å²) in [5.74, 6) is 1.05. The van der Waals surface area contributed by atoms with Crippen molar-refractivity contribution in [3.63, 3.8) is 0 Å². The van der Waals surface area contributed by atoms with Crippen molar-refractivity contribution in [2.24, 2.45) is 0 Å². The summed E-state index contributed by atoms with van der Waals surface area (Å²) in [7, 11) is 0. The summed E-state index contributed by atoms with van der Waals surface area (Å²) in [4.78, 5) is 15.6. The lowest BCUT2D eigenvalue weighted by Crippen LogP contribution is -2.29. The number of nitrogens with zero attached hydrogens (tertiary/aromatic N) is 6. The molecule has 0 unspecified atom stereocenters. The third kappa shape index (κ3) is 3.03. The molecule has 6 heteroatoms. The number of rotatable bonds is 3. The van der Waals surface area contributed by atoms with Crippen LogP contribution >= 0.6 is 0 Å². The Bertz CT molecular complexity index is 1050. The van der Waals surface area contributed by atoms with Gasteiger partial charge in [0.15, 0.2) is 5.65 Å². The lowest BCUT2D eigenvalue weighted by Gasteiger charge is -2.27. The summed E-state index contributed by atoms with van der Waals surface area (Å²) in [5.41, 5.74) is 4.70. The highest BCUT2D eigenvalue weighted by Crippen LogP contribution is 2.24. The summed E-state index contributed by atoms with van der Waals surface area (Å²) in [6, 6.07) is 12.1. The normalized spacial score (nSPS) is 14.6. The third-order valence-corrected chi connectivity index (χ3v) is 5.06. The zero-order chi connectivity index (χ0) is 18.1. The molecule has 0 aromatic carbocycles. The molecule has 134 valence electrons. The van der Waals surface area contributed by atoms with Crippen LogP contribution in [-0.2, 0) is 0 Å². The fourth-order valence-electron chi connectivity index (χ4n) is 3.59. The first-order valence-corrected chi connectivity index (χ1v) is 9.35. The number of imidazole rings is 1. The summed E-state index contributed by atoms with van der Waals surface area (Å²) in [6.45, 7) is 2.19. The van der Waals surface area contributed by atoms with Crippen molar-refractivity contribution in [1.82, 2.24) is 24.6 Å². The number of pyridine rings is 2. The lowest BCUT2D eigenvalue weighted by atomic mass is 10.1. The molecule has 0 N–H and O–H groups in total. The van der Waals surface area contributed by atoms with E-state index in [1.807, 2.05) is 41.2 Å². The minimum absolute atomic E-state index is 0.822. The minimum Gasteiger partial charge on any atom is -0.357 e. The molecule has 1 saturated heterocycles. The molecule has 0 spiro atoms. The summed E-state index contributed by atoms with van der Waals surface area (Å²) >= 11 is 0. The third-order valence-electron chi connectivity index (χ3n) is 5.06. The average molecular weight is 356 g/mol. The van der Waals surface area contributed by atoms with Gasteiger partial charge in [-0.25, -0.2) is 14.5 Å². The first-order chi connectivity index (χ1) is 13.4. The maximum Gasteiger partial charge on any atom is 0.154 e. The lowest BCUT2D eigenvalue weighted by molar-refractivity contribution is 0.573. The van der Waals surface area contributed by atoms with Gasteiger partial charge >= 0.3 is 0 Å². The second-order valence-electron chi connectivity index (χ2n) is 6.82. The van der Waals surface area contributed by atoms with E-state index >= 15 is 0 Å². The van der Waals surface area contributed by atoms with Crippen LogP contribution in [0, 0.1) is 0 Å². The number of aromatic nitrogens is 5. The Labute approximate surface area is 157 Å². The molecule has 0 atom stereocenters. The standard InChI is InChI=1S/C21H20N6/c1-2-12-26(13-3-1)20-6-4-17(14-23-20)19-15-24-21-7-5-18(25-27(19)21)16-8-10-22-11-9-16/h4-11,14-15H,1-3,12-13H2. The molecule has 0 amide bonds. The Morgan fingerprint density at radius 1 is 0.741 bits per heavy atom. The smallest absolute Gasteiger partial charge is 0.154 e. The van der Waals surface area contributed by atoms with Crippen LogP contribution in [0.2, 0.25) is 0 Å². The first kappa shape index (κ1) is 15.9. The predicted molar refractivity (Wildman–Crippen MR) is 106 cm³/mol. The molecule has 5 heterocycles. The van der Waals surface area contributed by atoms with Crippen molar-refractivity contribution in [3.05, 3.63) is 61.2 Å². The summed E-state index contributed by atoms with van der Waals surface area (Å²) in [5, 5.41) is 4.78. The van der Waals surface area contributed by atoms with Gasteiger partial charge in [0.05, 0.1) is 17.6 Å². The fraction of sp³-hybridized carbons (Fsp3) is 0.238. The van der Waals surface area contributed by atoms with E-state index in [2.05, 4.69) is 27.0 Å². The topological polar surface area (TPSA) is 59.2 Å². The van der Waals surface area contributed by atoms with Gasteiger partial charge in [0.2, 0.25) is 0 Å². The Morgan fingerprint density at radius 2 is 1.59 bits per heavy atom. The predicted octanol–water partition coefficient (Wildman–Crippen LogP) is 3.84. The van der Waals surface area contributed by atoms with Crippen molar-refractivity contribution in [3.8, 4) is 22.5 Å². The molecular formula is C21H20N6. The zero-order valence-electron chi connectivity index (χ0n) is 15.0. The molecule has 0 aliphatic carbocycles. The van der Waals surface area contributed by atoms with Gasteiger partial charge < -0.3 is 4.90 Å². The largest absolute Gasteiger partial charge is 0.357 e. The highest BCUT2D eigenvalue weighted by Gasteiger charge is 2.13. The molecule has 5 rings (SSSR count). The monoisotopic (exact) mass is 356 g/mol. The quantitative estimate of drug-likeness (QED) is 0.558. The van der Waals surface area contributed by atoms with Crippen LogP contribution in [0.5, 0.6) is 0 Å². The molecule has 4 aromatic heterocycles. The molecule has 0 saturated carbocycles. The van der Waals surface area contributed by atoms with E-state index in [0.717, 1.165) is 47.1 Å². The van der Waals surface area contributed by atoms with Crippen molar-refractivity contribution < 1.29 is 0 Å². The number of piperidine rings is 1. The number of anilines is 1. The van der Waals surface area contributed by atoms with Crippen LogP contribution in [0.3, 0.4) is 0 Å². The summed E-state index contributed by atoms with van der Waals surface area (Å²) < 4.78 is 1.88. The van der Waals surface area contributed by atoms with E-state index in [0.29, 0.717) is 0 Å². The molecule has 0 radical (unpaired) electrons. The first-order valence-electron chi connectivity index (χ1n) is 9.35. The molecular weight excluding hydrogens is 336 g/mol. The Balaban J connectivity index is 1.51. The highest BCUT2D eigenvalue weighted by atomic mass is 15.3. The molecule has 1 fully saturated rings. The van der Waals surface area contributed by atoms with E-state index < -0.39 is 0 Å². The van der Waals surface area contributed by atoms with E-state index in [1.165, 1.54) is 19.3 Å². The summed E-state index contributed by atoms with van der Waals surface area (Å²) in [6.07, 6.45) is 11.2. The second-order valence-corrected chi connectivity index (χ2v) is 6.82. The molecule has 1 aliphatic heterocycles. The van der Waals surface area contributed by atoms with Crippen LogP contribution in [0.15, 0.2) is 61.2 Å². The van der Waals surface area contributed by atoms with Crippen LogP contribution in [0.4, 0.5) is 5.82 Å². The van der Waals surface area contributed by atoms with Gasteiger partial charge in [0.25, 0.3) is 0 Å². The molecule has 6 nitrogen and oxygen atoms in total. The maximum absolute atomic E-state index is 4.78. The average Bonchev–Trinajstić information content (AvgIpc) is 3.18. The van der Waals surface area contributed by atoms with Gasteiger partial charge in [-0.3, -0.25) is 4.98 Å². The van der Waals surface area contributed by atoms with E-state index in [9.17, 15) is 0 Å². The number of fused-ring (bicyclic) bond motifs is 1. The van der Waals surface area contributed by atoms with Gasteiger partial charge in [-0.05, 0) is 55.7 Å². The van der Waals surface area contributed by atoms with E-state index in [1.54, 1.807) is 12.4 Å². The van der Waals surface area contributed by atoms with Crippen LogP contribution in [0.1, 0.15) is 19.3 Å². The fourth-order valence-corrected chi connectivity index (χ4v) is 3.59. The molecule has 27 heavy (non-hydrogen) atoms.